The molecule has 0 unspecified atom stereocenters. The lowest BCUT2D eigenvalue weighted by Gasteiger charge is -2.11. The summed E-state index contributed by atoms with van der Waals surface area (Å²) in [6.45, 7) is 1.44. The summed E-state index contributed by atoms with van der Waals surface area (Å²) < 4.78 is 5.20. The molecule has 3 aromatic carbocycles. The number of nitrogens with one attached hydrogen (secondary N) is 5. The van der Waals surface area contributed by atoms with Gasteiger partial charge in [-0.3, -0.25) is 25.5 Å². The number of amides is 3. The van der Waals surface area contributed by atoms with E-state index in [1.54, 1.807) is 49.6 Å². The molecular weight excluding hydrogens is 588 g/mol. The summed E-state index contributed by atoms with van der Waals surface area (Å²) in [6, 6.07) is 19.2. The Kier molecular flexibility index (Phi) is 8.81. The Labute approximate surface area is 253 Å². The molecule has 0 fully saturated rings. The predicted octanol–water partition coefficient (Wildman–Crippen LogP) is 6.00. The van der Waals surface area contributed by atoms with Gasteiger partial charge >= 0.3 is 6.03 Å². The van der Waals surface area contributed by atoms with E-state index in [-0.39, 0.29) is 35.1 Å². The van der Waals surface area contributed by atoms with Crippen molar-refractivity contribution in [3.05, 3.63) is 88.3 Å². The molecule has 0 saturated carbocycles. The van der Waals surface area contributed by atoms with Crippen LogP contribution in [0.3, 0.4) is 0 Å². The van der Waals surface area contributed by atoms with Crippen LogP contribution < -0.4 is 31.3 Å². The van der Waals surface area contributed by atoms with Crippen molar-refractivity contribution in [1.29, 1.82) is 0 Å². The van der Waals surface area contributed by atoms with Gasteiger partial charge in [0, 0.05) is 35.3 Å². The van der Waals surface area contributed by atoms with Crippen molar-refractivity contribution in [2.24, 2.45) is 0 Å². The Morgan fingerprint density at radius 1 is 0.795 bits per heavy atom. The van der Waals surface area contributed by atoms with Crippen LogP contribution in [0.25, 0.3) is 11.3 Å². The van der Waals surface area contributed by atoms with Gasteiger partial charge in [0.25, 0.3) is 5.69 Å². The van der Waals surface area contributed by atoms with Crippen LogP contribution in [0.1, 0.15) is 6.92 Å². The zero-order chi connectivity index (χ0) is 31.1. The topological polar surface area (TPSA) is 198 Å². The average molecular weight is 613 g/mol. The molecule has 2 aromatic heterocycles. The smallest absolute Gasteiger partial charge is 0.326 e. The lowest BCUT2D eigenvalue weighted by Crippen LogP contribution is -2.22. The highest BCUT2D eigenvalue weighted by Gasteiger charge is 2.17. The van der Waals surface area contributed by atoms with Gasteiger partial charge in [-0.1, -0.05) is 24.3 Å². The fraction of sp³-hybridized carbons (Fsp3) is 0.0714. The van der Waals surface area contributed by atoms with E-state index in [0.29, 0.717) is 27.9 Å². The van der Waals surface area contributed by atoms with E-state index in [9.17, 15) is 19.7 Å². The van der Waals surface area contributed by atoms with Crippen molar-refractivity contribution >= 4 is 69.0 Å². The maximum atomic E-state index is 12.8. The van der Waals surface area contributed by atoms with Crippen molar-refractivity contribution < 1.29 is 19.2 Å². The first-order valence-corrected chi connectivity index (χ1v) is 13.7. The SMILES string of the molecule is COc1ccc(Nc2nc(NC(=O)Nc3ccccc3[N+](=O)[O-])nc(Nc3nc(-c4ccc(NC(C)=O)cc4)cs3)n2)cc1. The third-order valence-corrected chi connectivity index (χ3v) is 6.54. The second kappa shape index (κ2) is 13.2. The molecule has 0 bridgehead atoms. The van der Waals surface area contributed by atoms with Crippen molar-refractivity contribution in [1.82, 2.24) is 19.9 Å². The Morgan fingerprint density at radius 3 is 2.14 bits per heavy atom. The number of urea groups is 1. The first-order valence-electron chi connectivity index (χ1n) is 12.8. The summed E-state index contributed by atoms with van der Waals surface area (Å²) in [6.07, 6.45) is 0. The maximum absolute atomic E-state index is 12.8. The highest BCUT2D eigenvalue weighted by Crippen LogP contribution is 2.28. The van der Waals surface area contributed by atoms with Gasteiger partial charge in [0.2, 0.25) is 23.8 Å². The molecule has 0 saturated heterocycles. The zero-order valence-corrected chi connectivity index (χ0v) is 24.0. The Bertz CT molecular complexity index is 1810. The number of aromatic nitrogens is 4. The van der Waals surface area contributed by atoms with E-state index < -0.39 is 11.0 Å². The van der Waals surface area contributed by atoms with Gasteiger partial charge in [-0.15, -0.1) is 11.3 Å². The standard InChI is InChI=1S/C28H24N10O5S/c1-16(39)29-18-9-7-17(8-10-18)22-15-44-28(32-22)37-26-34-24(30-19-11-13-20(43-2)14-12-19)33-25(35-26)36-27(40)31-21-5-3-4-6-23(21)38(41)42/h3-15H,1-2H3,(H,29,39)(H4,30,31,32,33,34,35,36,37,40). The summed E-state index contributed by atoms with van der Waals surface area (Å²) in [5, 5.41) is 27.4. The second-order valence-electron chi connectivity index (χ2n) is 8.93. The molecule has 222 valence electrons. The van der Waals surface area contributed by atoms with Gasteiger partial charge in [0.1, 0.15) is 11.4 Å². The number of rotatable bonds is 10. The van der Waals surface area contributed by atoms with E-state index in [0.717, 1.165) is 5.56 Å². The monoisotopic (exact) mass is 612 g/mol. The van der Waals surface area contributed by atoms with Crippen molar-refractivity contribution in [3.63, 3.8) is 0 Å². The summed E-state index contributed by atoms with van der Waals surface area (Å²) in [7, 11) is 1.56. The van der Waals surface area contributed by atoms with Crippen LogP contribution >= 0.6 is 11.3 Å². The molecule has 0 aliphatic heterocycles. The van der Waals surface area contributed by atoms with Gasteiger partial charge in [-0.05, 0) is 42.5 Å². The summed E-state index contributed by atoms with van der Waals surface area (Å²) in [5.41, 5.74) is 2.54. The van der Waals surface area contributed by atoms with Crippen LogP contribution in [0, 0.1) is 10.1 Å². The number of ether oxygens (including phenoxy) is 1. The molecule has 0 radical (unpaired) electrons. The van der Waals surface area contributed by atoms with Crippen molar-refractivity contribution in [2.75, 3.05) is 33.7 Å². The summed E-state index contributed by atoms with van der Waals surface area (Å²) >= 11 is 1.30. The molecule has 0 spiro atoms. The molecule has 5 aromatic rings. The highest BCUT2D eigenvalue weighted by atomic mass is 32.1. The van der Waals surface area contributed by atoms with Crippen LogP contribution in [0.4, 0.5) is 50.5 Å². The zero-order valence-electron chi connectivity index (χ0n) is 23.2. The number of anilines is 7. The number of methoxy groups -OCH3 is 1. The van der Waals surface area contributed by atoms with E-state index in [1.807, 2.05) is 17.5 Å². The molecule has 44 heavy (non-hydrogen) atoms. The molecule has 0 aliphatic carbocycles. The van der Waals surface area contributed by atoms with Crippen LogP contribution in [0.5, 0.6) is 5.75 Å². The summed E-state index contributed by atoms with van der Waals surface area (Å²) in [4.78, 5) is 52.4. The average Bonchev–Trinajstić information content (AvgIpc) is 3.46. The molecule has 5 rings (SSSR count). The van der Waals surface area contributed by atoms with Crippen LogP contribution in [0.2, 0.25) is 0 Å². The molecule has 0 aliphatic rings. The second-order valence-corrected chi connectivity index (χ2v) is 9.79. The van der Waals surface area contributed by atoms with E-state index in [4.69, 9.17) is 4.74 Å². The number of benzene rings is 3. The molecule has 2 heterocycles. The molecule has 15 nitrogen and oxygen atoms in total. The lowest BCUT2D eigenvalue weighted by atomic mass is 10.1. The number of carbonyl (C=O) groups is 2. The predicted molar refractivity (Wildman–Crippen MR) is 167 cm³/mol. The van der Waals surface area contributed by atoms with Crippen LogP contribution in [0.15, 0.2) is 78.2 Å². The minimum Gasteiger partial charge on any atom is -0.497 e. The van der Waals surface area contributed by atoms with Gasteiger partial charge in [-0.2, -0.15) is 15.0 Å². The maximum Gasteiger partial charge on any atom is 0.326 e. The number of thiazole rings is 1. The molecule has 16 heteroatoms. The molecule has 5 N–H and O–H groups in total. The van der Waals surface area contributed by atoms with E-state index >= 15 is 0 Å². The third-order valence-electron chi connectivity index (χ3n) is 5.78. The quantitative estimate of drug-likeness (QED) is 0.0915. The van der Waals surface area contributed by atoms with Gasteiger partial charge < -0.3 is 20.7 Å². The Morgan fingerprint density at radius 2 is 1.45 bits per heavy atom. The fourth-order valence-corrected chi connectivity index (χ4v) is 4.54. The highest BCUT2D eigenvalue weighted by molar-refractivity contribution is 7.14. The van der Waals surface area contributed by atoms with Gasteiger partial charge in [0.15, 0.2) is 5.13 Å². The number of nitro groups is 1. The fourth-order valence-electron chi connectivity index (χ4n) is 3.83. The van der Waals surface area contributed by atoms with Crippen LogP contribution in [-0.2, 0) is 4.79 Å². The molecular formula is C28H24N10O5S. The first kappa shape index (κ1) is 29.3. The normalized spacial score (nSPS) is 10.4. The number of para-hydroxylation sites is 2. The summed E-state index contributed by atoms with van der Waals surface area (Å²) in [5.74, 6) is 0.522. The number of hydrogen-bond acceptors (Lipinski definition) is 12. The van der Waals surface area contributed by atoms with Crippen molar-refractivity contribution in [2.45, 2.75) is 6.92 Å². The lowest BCUT2D eigenvalue weighted by molar-refractivity contribution is -0.383. The van der Waals surface area contributed by atoms with Crippen LogP contribution in [-0.4, -0.2) is 43.9 Å². The van der Waals surface area contributed by atoms with Gasteiger partial charge in [0.05, 0.1) is 17.7 Å². The van der Waals surface area contributed by atoms with E-state index in [2.05, 4.69) is 46.5 Å². The Hall–Kier alpha value is -6.16. The third kappa shape index (κ3) is 7.56. The largest absolute Gasteiger partial charge is 0.497 e. The number of nitro benzene ring substituents is 1. The van der Waals surface area contributed by atoms with Crippen molar-refractivity contribution in [3.8, 4) is 17.0 Å². The minimum atomic E-state index is -0.800. The number of carbonyl (C=O) groups excluding carboxylic acids is 2. The van der Waals surface area contributed by atoms with E-state index in [1.165, 1.54) is 36.5 Å². The minimum absolute atomic E-state index is 0.000548. The van der Waals surface area contributed by atoms with Gasteiger partial charge in [-0.25, -0.2) is 9.78 Å². The molecule has 0 atom stereocenters. The Balaban J connectivity index is 1.37. The number of hydrogen-bond donors (Lipinski definition) is 5. The first-order chi connectivity index (χ1) is 21.2. The number of nitrogens with zero attached hydrogens (tertiary/aromatic N) is 5. The molecule has 3 amide bonds.